The molecule has 2 aliphatic rings. The number of fused-ring (bicyclic) bond motifs is 3. The molecule has 0 saturated carbocycles. The summed E-state index contributed by atoms with van der Waals surface area (Å²) >= 11 is 0. The van der Waals surface area contributed by atoms with Crippen molar-refractivity contribution < 1.29 is 39.3 Å². The van der Waals surface area contributed by atoms with E-state index in [-0.39, 0.29) is 23.1 Å². The number of aromatic amines is 1. The summed E-state index contributed by atoms with van der Waals surface area (Å²) in [6.07, 6.45) is -2.02. The second kappa shape index (κ2) is 12.4. The van der Waals surface area contributed by atoms with Gasteiger partial charge in [0.05, 0.1) is 36.7 Å². The van der Waals surface area contributed by atoms with Gasteiger partial charge in [0.15, 0.2) is 5.82 Å². The predicted molar refractivity (Wildman–Crippen MR) is 139 cm³/mol. The van der Waals surface area contributed by atoms with E-state index in [1.165, 1.54) is 12.1 Å². The zero-order chi connectivity index (χ0) is 30.6. The number of aliphatic carboxylic acids is 3. The summed E-state index contributed by atoms with van der Waals surface area (Å²) in [5, 5.41) is 40.7. The van der Waals surface area contributed by atoms with E-state index in [0.717, 1.165) is 5.69 Å². The van der Waals surface area contributed by atoms with Gasteiger partial charge in [-0.05, 0) is 43.5 Å². The lowest BCUT2D eigenvalue weighted by atomic mass is 10.1. The molecule has 2 amide bonds. The molecule has 0 spiro atoms. The van der Waals surface area contributed by atoms with E-state index in [4.69, 9.17) is 5.73 Å². The van der Waals surface area contributed by atoms with Crippen molar-refractivity contribution in [3.05, 3.63) is 40.2 Å². The number of carbonyl (C=O) groups is 5. The van der Waals surface area contributed by atoms with E-state index >= 15 is 0 Å². The number of carboxylic acids is 3. The molecule has 1 aromatic heterocycles. The number of H-pyrrole nitrogens is 1. The van der Waals surface area contributed by atoms with E-state index in [2.05, 4.69) is 25.9 Å². The van der Waals surface area contributed by atoms with Gasteiger partial charge in [0.1, 0.15) is 5.69 Å². The largest absolute Gasteiger partial charge is 0.550 e. The first-order chi connectivity index (χ1) is 19.9. The fourth-order valence-corrected chi connectivity index (χ4v) is 4.78. The van der Waals surface area contributed by atoms with Crippen LogP contribution in [0.3, 0.4) is 0 Å². The van der Waals surface area contributed by atoms with E-state index in [9.17, 15) is 44.1 Å². The average Bonchev–Trinajstić information content (AvgIpc) is 3.37. The molecule has 17 nitrogen and oxygen atoms in total. The normalized spacial score (nSPS) is 16.8. The monoisotopic (exact) mass is 583 g/mol. The van der Waals surface area contributed by atoms with Crippen LogP contribution in [0, 0.1) is 0 Å². The Bertz CT molecular complexity index is 1440. The Balaban J connectivity index is 1.33. The van der Waals surface area contributed by atoms with Crippen LogP contribution in [0.5, 0.6) is 0 Å². The predicted octanol–water partition coefficient (Wildman–Crippen LogP) is -5.18. The minimum absolute atomic E-state index is 0.00844. The Morgan fingerprint density at radius 3 is 2.29 bits per heavy atom. The number of rotatable bonds is 12. The van der Waals surface area contributed by atoms with Gasteiger partial charge in [-0.15, -0.1) is 0 Å². The minimum atomic E-state index is -1.71. The number of nitrogen functional groups attached to an aromatic ring is 1. The highest BCUT2D eigenvalue weighted by molar-refractivity contribution is 5.97. The van der Waals surface area contributed by atoms with Gasteiger partial charge in [0, 0.05) is 36.7 Å². The molecule has 1 aromatic carbocycles. The third-order valence-electron chi connectivity index (χ3n) is 6.90. The first-order valence-electron chi connectivity index (χ1n) is 12.9. The molecule has 0 radical (unpaired) electrons. The summed E-state index contributed by atoms with van der Waals surface area (Å²) in [4.78, 5) is 81.1. The van der Waals surface area contributed by atoms with Crippen molar-refractivity contribution >= 4 is 52.9 Å². The van der Waals surface area contributed by atoms with Gasteiger partial charge in [0.2, 0.25) is 11.9 Å². The second-order valence-electron chi connectivity index (χ2n) is 9.80. The lowest BCUT2D eigenvalue weighted by Gasteiger charge is -2.31. The molecule has 0 bridgehead atoms. The van der Waals surface area contributed by atoms with Crippen LogP contribution in [-0.2, 0) is 19.2 Å². The van der Waals surface area contributed by atoms with Crippen molar-refractivity contribution in [3.8, 4) is 0 Å². The Morgan fingerprint density at radius 1 is 1.00 bits per heavy atom. The number of nitrogens with zero attached hydrogens (tertiary/aromatic N) is 3. The van der Waals surface area contributed by atoms with Crippen LogP contribution in [0.2, 0.25) is 0 Å². The molecule has 42 heavy (non-hydrogen) atoms. The molecular formula is C25H27N8O9-3. The maximum atomic E-state index is 12.7. The standard InChI is InChI=1S/C25H30N8O9/c26-25-30-20-19(22(38)31-25)33-11-32(10-14(33)9-27-20)13-3-1-12(2-4-13)21(37)29-16(24(41)42)5-7-17(34)28-15(23(39)40)6-8-18(35)36/h1-4,14-16H,5-11H2,(H,28,34)(H,29,37)(H,35,36)(H,39,40)(H,41,42)(H4,26,27,30,31,38)/p-3/t14-,15+,16+/m1/s1. The summed E-state index contributed by atoms with van der Waals surface area (Å²) in [6, 6.07) is 3.11. The number of carbonyl (C=O) groups excluding carboxylic acids is 5. The number of anilines is 4. The Kier molecular flexibility index (Phi) is 8.78. The number of aromatic nitrogens is 2. The van der Waals surface area contributed by atoms with Crippen LogP contribution in [0.25, 0.3) is 0 Å². The molecule has 0 unspecified atom stereocenters. The summed E-state index contributed by atoms with van der Waals surface area (Å²) in [6.45, 7) is 1.49. The van der Waals surface area contributed by atoms with E-state index < -0.39 is 67.5 Å². The molecule has 224 valence electrons. The third-order valence-corrected chi connectivity index (χ3v) is 6.90. The van der Waals surface area contributed by atoms with Crippen LogP contribution >= 0.6 is 0 Å². The van der Waals surface area contributed by atoms with Gasteiger partial charge in [0.25, 0.3) is 11.5 Å². The smallest absolute Gasteiger partial charge is 0.278 e. The zero-order valence-electron chi connectivity index (χ0n) is 22.1. The zero-order valence-corrected chi connectivity index (χ0v) is 22.1. The SMILES string of the molecule is Nc1nc2c(c(=O)[nH]1)N1CN(c3ccc(C(=O)N[C@@H](CCC(=O)N[C@@H](CCC(=O)[O-])C(=O)[O-])C(=O)[O-])cc3)C[C@H]1CN2. The average molecular weight is 584 g/mol. The van der Waals surface area contributed by atoms with Crippen molar-refractivity contribution in [2.24, 2.45) is 0 Å². The first-order valence-corrected chi connectivity index (χ1v) is 12.9. The molecular weight excluding hydrogens is 556 g/mol. The Morgan fingerprint density at radius 2 is 1.64 bits per heavy atom. The van der Waals surface area contributed by atoms with Crippen molar-refractivity contribution in [2.75, 3.05) is 40.6 Å². The van der Waals surface area contributed by atoms with Gasteiger partial charge < -0.3 is 61.2 Å². The molecule has 4 rings (SSSR count). The molecule has 2 aromatic rings. The Hall–Kier alpha value is -5.35. The van der Waals surface area contributed by atoms with Crippen LogP contribution in [0.15, 0.2) is 29.1 Å². The molecule has 6 N–H and O–H groups in total. The molecule has 3 atom stereocenters. The van der Waals surface area contributed by atoms with Crippen LogP contribution in [0.1, 0.15) is 36.0 Å². The van der Waals surface area contributed by atoms with Gasteiger partial charge >= 0.3 is 0 Å². The topological polar surface area (TPSA) is 269 Å². The number of nitrogens with one attached hydrogen (secondary N) is 4. The van der Waals surface area contributed by atoms with E-state index in [1.807, 2.05) is 9.80 Å². The summed E-state index contributed by atoms with van der Waals surface area (Å²) in [5.74, 6) is -6.10. The van der Waals surface area contributed by atoms with Crippen LogP contribution in [-0.4, -0.2) is 77.6 Å². The van der Waals surface area contributed by atoms with Gasteiger partial charge in [-0.2, -0.15) is 4.98 Å². The van der Waals surface area contributed by atoms with E-state index in [0.29, 0.717) is 31.3 Å². The van der Waals surface area contributed by atoms with Crippen molar-refractivity contribution in [1.82, 2.24) is 20.6 Å². The second-order valence-corrected chi connectivity index (χ2v) is 9.80. The number of nitrogens with two attached hydrogens (primary N) is 1. The minimum Gasteiger partial charge on any atom is -0.550 e. The maximum absolute atomic E-state index is 12.7. The summed E-state index contributed by atoms with van der Waals surface area (Å²) < 4.78 is 0. The highest BCUT2D eigenvalue weighted by Gasteiger charge is 2.37. The van der Waals surface area contributed by atoms with Crippen LogP contribution < -0.4 is 52.4 Å². The lowest BCUT2D eigenvalue weighted by molar-refractivity contribution is -0.311. The number of carboxylic acid groups (broad SMARTS) is 3. The third kappa shape index (κ3) is 6.86. The number of amides is 2. The molecule has 1 saturated heterocycles. The molecule has 1 fully saturated rings. The van der Waals surface area contributed by atoms with E-state index in [1.54, 1.807) is 12.1 Å². The highest BCUT2D eigenvalue weighted by Crippen LogP contribution is 2.32. The van der Waals surface area contributed by atoms with Gasteiger partial charge in [-0.3, -0.25) is 19.4 Å². The molecule has 17 heteroatoms. The molecule has 2 aliphatic heterocycles. The van der Waals surface area contributed by atoms with Crippen LogP contribution in [0.4, 0.5) is 23.1 Å². The van der Waals surface area contributed by atoms with Crippen molar-refractivity contribution in [1.29, 1.82) is 0 Å². The van der Waals surface area contributed by atoms with Crippen molar-refractivity contribution in [2.45, 2.75) is 43.8 Å². The van der Waals surface area contributed by atoms with Gasteiger partial charge in [-0.1, -0.05) is 0 Å². The fourth-order valence-electron chi connectivity index (χ4n) is 4.78. The Labute approximate surface area is 237 Å². The maximum Gasteiger partial charge on any atom is 0.278 e. The fraction of sp³-hybridized carbons (Fsp3) is 0.400. The highest BCUT2D eigenvalue weighted by atomic mass is 16.4. The van der Waals surface area contributed by atoms with Gasteiger partial charge in [-0.25, -0.2) is 0 Å². The molecule has 0 aliphatic carbocycles. The number of benzene rings is 1. The lowest BCUT2D eigenvalue weighted by Crippen LogP contribution is -2.50. The summed E-state index contributed by atoms with van der Waals surface area (Å²) in [7, 11) is 0. The first kappa shape index (κ1) is 29.6. The quantitative estimate of drug-likeness (QED) is 0.156. The summed E-state index contributed by atoms with van der Waals surface area (Å²) in [5.41, 5.74) is 6.54. The van der Waals surface area contributed by atoms with Crippen molar-refractivity contribution in [3.63, 3.8) is 0 Å². The number of hydrogen-bond acceptors (Lipinski definition) is 14. The molecule has 3 heterocycles. The number of hydrogen-bond donors (Lipinski definition) is 5.